The van der Waals surface area contributed by atoms with Crippen molar-refractivity contribution in [3.8, 4) is 11.5 Å². The van der Waals surface area contributed by atoms with E-state index in [0.717, 1.165) is 5.56 Å². The summed E-state index contributed by atoms with van der Waals surface area (Å²) in [5.74, 6) is -0.430. The lowest BCUT2D eigenvalue weighted by atomic mass is 10.0. The predicted molar refractivity (Wildman–Crippen MR) is 67.6 cm³/mol. The monoisotopic (exact) mass is 264 g/mol. The van der Waals surface area contributed by atoms with E-state index < -0.39 is 11.9 Å². The number of benzene rings is 1. The van der Waals surface area contributed by atoms with E-state index >= 15 is 0 Å². The summed E-state index contributed by atoms with van der Waals surface area (Å²) >= 11 is 0. The van der Waals surface area contributed by atoms with Crippen LogP contribution in [0.25, 0.3) is 0 Å². The van der Waals surface area contributed by atoms with Crippen LogP contribution in [0.2, 0.25) is 0 Å². The van der Waals surface area contributed by atoms with Crippen LogP contribution in [0.5, 0.6) is 11.5 Å². The van der Waals surface area contributed by atoms with Crippen LogP contribution < -0.4 is 9.47 Å². The number of ether oxygens (including phenoxy) is 3. The molecule has 0 amide bonds. The number of carbonyl (C=O) groups is 2. The lowest BCUT2D eigenvalue weighted by molar-refractivity contribution is -0.147. The zero-order chi connectivity index (χ0) is 14.0. The molecule has 0 aliphatic heterocycles. The number of ketones is 1. The molecule has 5 heteroatoms. The molecule has 0 spiro atoms. The molecule has 1 unspecified atom stereocenters. The molecule has 1 aliphatic carbocycles. The van der Waals surface area contributed by atoms with Crippen molar-refractivity contribution in [2.45, 2.75) is 19.3 Å². The van der Waals surface area contributed by atoms with Gasteiger partial charge in [-0.15, -0.1) is 0 Å². The summed E-state index contributed by atoms with van der Waals surface area (Å²) in [6.45, 7) is 1.97. The fourth-order valence-corrected chi connectivity index (χ4v) is 2.31. The minimum atomic E-state index is -0.838. The van der Waals surface area contributed by atoms with Gasteiger partial charge >= 0.3 is 5.97 Å². The van der Waals surface area contributed by atoms with E-state index in [2.05, 4.69) is 0 Å². The van der Waals surface area contributed by atoms with Gasteiger partial charge in [0.2, 0.25) is 0 Å². The quantitative estimate of drug-likeness (QED) is 0.609. The Morgan fingerprint density at radius 2 is 1.89 bits per heavy atom. The second kappa shape index (κ2) is 5.30. The smallest absolute Gasteiger partial charge is 0.321 e. The van der Waals surface area contributed by atoms with Crippen molar-refractivity contribution in [1.29, 1.82) is 0 Å². The normalized spacial score (nSPS) is 17.0. The first-order valence-corrected chi connectivity index (χ1v) is 6.06. The second-order valence-electron chi connectivity index (χ2n) is 4.23. The minimum absolute atomic E-state index is 0.149. The van der Waals surface area contributed by atoms with E-state index in [-0.39, 0.29) is 18.8 Å². The van der Waals surface area contributed by atoms with Crippen molar-refractivity contribution in [2.24, 2.45) is 0 Å². The molecular formula is C14H16O5. The Morgan fingerprint density at radius 3 is 2.47 bits per heavy atom. The molecule has 1 aliphatic rings. The summed E-state index contributed by atoms with van der Waals surface area (Å²) in [5.41, 5.74) is 1.45. The van der Waals surface area contributed by atoms with Crippen molar-refractivity contribution in [3.63, 3.8) is 0 Å². The number of methoxy groups -OCH3 is 2. The van der Waals surface area contributed by atoms with Crippen LogP contribution in [0.15, 0.2) is 12.1 Å². The van der Waals surface area contributed by atoms with Gasteiger partial charge < -0.3 is 14.2 Å². The Balaban J connectivity index is 2.45. The van der Waals surface area contributed by atoms with E-state index in [1.54, 1.807) is 19.1 Å². The molecule has 1 atom stereocenters. The van der Waals surface area contributed by atoms with Gasteiger partial charge in [-0.1, -0.05) is 0 Å². The van der Waals surface area contributed by atoms with Crippen molar-refractivity contribution in [1.82, 2.24) is 0 Å². The number of hydrogen-bond donors (Lipinski definition) is 0. The number of carbonyl (C=O) groups excluding carboxylic acids is 2. The third kappa shape index (κ3) is 2.28. The van der Waals surface area contributed by atoms with Crippen molar-refractivity contribution in [3.05, 3.63) is 23.3 Å². The molecule has 0 bridgehead atoms. The van der Waals surface area contributed by atoms with Gasteiger partial charge in [0.05, 0.1) is 20.8 Å². The maximum atomic E-state index is 12.0. The SMILES string of the molecule is CCOC(=O)C1C(=O)Cc2cc(OC)c(OC)cc21. The summed E-state index contributed by atoms with van der Waals surface area (Å²) in [6.07, 6.45) is 0.221. The average molecular weight is 264 g/mol. The molecule has 1 aromatic carbocycles. The standard InChI is InChI=1S/C14H16O5/c1-4-19-14(16)13-9-7-12(18-3)11(17-2)6-8(9)5-10(13)15/h6-7,13H,4-5H2,1-3H3. The van der Waals surface area contributed by atoms with Gasteiger partial charge in [-0.05, 0) is 30.2 Å². The van der Waals surface area contributed by atoms with Gasteiger partial charge in [-0.25, -0.2) is 0 Å². The first-order valence-electron chi connectivity index (χ1n) is 6.06. The van der Waals surface area contributed by atoms with E-state index in [1.165, 1.54) is 14.2 Å². The zero-order valence-electron chi connectivity index (χ0n) is 11.2. The third-order valence-electron chi connectivity index (χ3n) is 3.17. The molecule has 19 heavy (non-hydrogen) atoms. The molecule has 5 nitrogen and oxygen atoms in total. The van der Waals surface area contributed by atoms with E-state index in [9.17, 15) is 9.59 Å². The average Bonchev–Trinajstić information content (AvgIpc) is 2.72. The van der Waals surface area contributed by atoms with Crippen LogP contribution in [0.3, 0.4) is 0 Å². The minimum Gasteiger partial charge on any atom is -0.493 e. The van der Waals surface area contributed by atoms with Gasteiger partial charge in [0, 0.05) is 6.42 Å². The number of esters is 1. The number of rotatable bonds is 4. The molecule has 2 rings (SSSR count). The highest BCUT2D eigenvalue weighted by Gasteiger charge is 2.38. The zero-order valence-corrected chi connectivity index (χ0v) is 11.2. The van der Waals surface area contributed by atoms with Crippen LogP contribution in [0.4, 0.5) is 0 Å². The van der Waals surface area contributed by atoms with Crippen molar-refractivity contribution >= 4 is 11.8 Å². The van der Waals surface area contributed by atoms with Crippen molar-refractivity contribution in [2.75, 3.05) is 20.8 Å². The Bertz CT molecular complexity index is 521. The highest BCUT2D eigenvalue weighted by atomic mass is 16.5. The van der Waals surface area contributed by atoms with E-state index in [0.29, 0.717) is 17.1 Å². The molecule has 0 fully saturated rings. The second-order valence-corrected chi connectivity index (χ2v) is 4.23. The van der Waals surface area contributed by atoms with Crippen molar-refractivity contribution < 1.29 is 23.8 Å². The highest BCUT2D eigenvalue weighted by molar-refractivity contribution is 6.08. The lowest BCUT2D eigenvalue weighted by Gasteiger charge is -2.13. The molecule has 0 saturated heterocycles. The maximum absolute atomic E-state index is 12.0. The number of Topliss-reactive ketones (excluding diaryl/α,β-unsaturated/α-hetero) is 1. The van der Waals surface area contributed by atoms with Crippen LogP contribution in [0, 0.1) is 0 Å². The van der Waals surface area contributed by atoms with E-state index in [4.69, 9.17) is 14.2 Å². The number of hydrogen-bond acceptors (Lipinski definition) is 5. The topological polar surface area (TPSA) is 61.8 Å². The molecular weight excluding hydrogens is 248 g/mol. The summed E-state index contributed by atoms with van der Waals surface area (Å²) in [4.78, 5) is 23.8. The molecule has 0 saturated carbocycles. The van der Waals surface area contributed by atoms with Crippen LogP contribution >= 0.6 is 0 Å². The lowest BCUT2D eigenvalue weighted by Crippen LogP contribution is -2.20. The summed E-state index contributed by atoms with van der Waals surface area (Å²) in [6, 6.07) is 3.42. The van der Waals surface area contributed by atoms with Gasteiger partial charge in [-0.3, -0.25) is 9.59 Å². The van der Waals surface area contributed by atoms with Crippen LogP contribution in [-0.4, -0.2) is 32.6 Å². The highest BCUT2D eigenvalue weighted by Crippen LogP contribution is 2.39. The van der Waals surface area contributed by atoms with Gasteiger partial charge in [0.15, 0.2) is 17.3 Å². The largest absolute Gasteiger partial charge is 0.493 e. The fraction of sp³-hybridized carbons (Fsp3) is 0.429. The van der Waals surface area contributed by atoms with Gasteiger partial charge in [-0.2, -0.15) is 0 Å². The number of fused-ring (bicyclic) bond motifs is 1. The third-order valence-corrected chi connectivity index (χ3v) is 3.17. The van der Waals surface area contributed by atoms with E-state index in [1.807, 2.05) is 0 Å². The predicted octanol–water partition coefficient (Wildman–Crippen LogP) is 1.48. The fourth-order valence-electron chi connectivity index (χ4n) is 2.31. The van der Waals surface area contributed by atoms with Gasteiger partial charge in [0.1, 0.15) is 5.92 Å². The first-order chi connectivity index (χ1) is 9.12. The Kier molecular flexibility index (Phi) is 3.74. The van der Waals surface area contributed by atoms with Gasteiger partial charge in [0.25, 0.3) is 0 Å². The molecule has 0 radical (unpaired) electrons. The molecule has 0 N–H and O–H groups in total. The Morgan fingerprint density at radius 1 is 1.26 bits per heavy atom. The Labute approximate surface area is 111 Å². The van der Waals surface area contributed by atoms with Crippen LogP contribution in [-0.2, 0) is 20.7 Å². The summed E-state index contributed by atoms with van der Waals surface area (Å²) in [7, 11) is 3.05. The first kappa shape index (κ1) is 13.4. The molecule has 1 aromatic rings. The molecule has 0 aromatic heterocycles. The maximum Gasteiger partial charge on any atom is 0.321 e. The van der Waals surface area contributed by atoms with Crippen LogP contribution in [0.1, 0.15) is 24.0 Å². The Hall–Kier alpha value is -2.04. The molecule has 0 heterocycles. The summed E-state index contributed by atoms with van der Waals surface area (Å²) < 4.78 is 15.3. The summed E-state index contributed by atoms with van der Waals surface area (Å²) in [5, 5.41) is 0. The molecule has 102 valence electrons.